The smallest absolute Gasteiger partial charge is 0.327 e. The Hall–Kier alpha value is -1.35. The van der Waals surface area contributed by atoms with Gasteiger partial charge in [-0.15, -0.1) is 0 Å². The van der Waals surface area contributed by atoms with E-state index in [9.17, 15) is 4.79 Å². The Morgan fingerprint density at radius 2 is 2.10 bits per heavy atom. The average Bonchev–Trinajstić information content (AvgIpc) is 2.76. The van der Waals surface area contributed by atoms with Gasteiger partial charge in [-0.2, -0.15) is 0 Å². The topological polar surface area (TPSA) is 38.3 Å². The van der Waals surface area contributed by atoms with Crippen molar-refractivity contribution < 1.29 is 9.53 Å². The van der Waals surface area contributed by atoms with Crippen LogP contribution in [-0.2, 0) is 9.53 Å². The second-order valence-electron chi connectivity index (χ2n) is 6.37. The van der Waals surface area contributed by atoms with Gasteiger partial charge >= 0.3 is 5.97 Å². The van der Waals surface area contributed by atoms with Crippen LogP contribution in [0.15, 0.2) is 30.3 Å². The van der Waals surface area contributed by atoms with Crippen molar-refractivity contribution in [3.05, 3.63) is 35.9 Å². The van der Waals surface area contributed by atoms with Gasteiger partial charge < -0.3 is 4.74 Å². The molecule has 1 aromatic rings. The van der Waals surface area contributed by atoms with Crippen LogP contribution < -0.4 is 5.32 Å². The molecule has 1 fully saturated rings. The maximum absolute atomic E-state index is 12.2. The maximum atomic E-state index is 12.2. The molecule has 0 saturated heterocycles. The Labute approximate surface area is 121 Å². The highest BCUT2D eigenvalue weighted by Crippen LogP contribution is 2.37. The molecule has 0 amide bonds. The minimum absolute atomic E-state index is 0.177. The summed E-state index contributed by atoms with van der Waals surface area (Å²) in [6, 6.07) is 9.88. The Morgan fingerprint density at radius 3 is 2.65 bits per heavy atom. The maximum Gasteiger partial charge on any atom is 0.327 e. The van der Waals surface area contributed by atoms with E-state index in [2.05, 4.69) is 19.2 Å². The van der Waals surface area contributed by atoms with Crippen molar-refractivity contribution >= 4 is 5.97 Å². The van der Waals surface area contributed by atoms with Crippen LogP contribution in [0.25, 0.3) is 0 Å². The molecule has 1 aliphatic rings. The minimum Gasteiger partial charge on any atom is -0.465 e. The molecule has 0 heterocycles. The summed E-state index contributed by atoms with van der Waals surface area (Å²) in [6.07, 6.45) is 3.43. The van der Waals surface area contributed by atoms with E-state index in [4.69, 9.17) is 4.74 Å². The van der Waals surface area contributed by atoms with E-state index in [1.165, 1.54) is 6.42 Å². The van der Waals surface area contributed by atoms with Crippen molar-refractivity contribution in [2.45, 2.75) is 52.1 Å². The van der Waals surface area contributed by atoms with Gasteiger partial charge in [-0.05, 0) is 37.2 Å². The molecule has 110 valence electrons. The lowest BCUT2D eigenvalue weighted by atomic mass is 9.91. The zero-order valence-electron chi connectivity index (χ0n) is 12.7. The van der Waals surface area contributed by atoms with Crippen molar-refractivity contribution in [1.82, 2.24) is 5.32 Å². The lowest BCUT2D eigenvalue weighted by Gasteiger charge is -2.23. The van der Waals surface area contributed by atoms with Crippen LogP contribution in [0.1, 0.15) is 51.6 Å². The molecule has 0 aliphatic heterocycles. The van der Waals surface area contributed by atoms with Gasteiger partial charge in [0.1, 0.15) is 6.04 Å². The third kappa shape index (κ3) is 3.83. The zero-order chi connectivity index (χ0) is 14.6. The van der Waals surface area contributed by atoms with E-state index < -0.39 is 0 Å². The molecule has 1 saturated carbocycles. The minimum atomic E-state index is -0.352. The number of ether oxygens (including phenoxy) is 1. The fourth-order valence-corrected chi connectivity index (χ4v) is 2.99. The summed E-state index contributed by atoms with van der Waals surface area (Å²) in [7, 11) is 0. The zero-order valence-corrected chi connectivity index (χ0v) is 12.7. The summed E-state index contributed by atoms with van der Waals surface area (Å²) in [6.45, 7) is 6.84. The number of rotatable bonds is 5. The SMILES string of the molecule is CCOC(=O)C(NC1CCC(C)(C)C1)c1ccccc1. The first-order valence-electron chi connectivity index (χ1n) is 7.49. The van der Waals surface area contributed by atoms with Crippen LogP contribution in [0.3, 0.4) is 0 Å². The van der Waals surface area contributed by atoms with Gasteiger partial charge in [0, 0.05) is 6.04 Å². The highest BCUT2D eigenvalue weighted by atomic mass is 16.5. The Bertz CT molecular complexity index is 442. The van der Waals surface area contributed by atoms with Gasteiger partial charge in [-0.3, -0.25) is 5.32 Å². The number of carbonyl (C=O) groups is 1. The van der Waals surface area contributed by atoms with E-state index in [1.807, 2.05) is 37.3 Å². The first kappa shape index (κ1) is 15.0. The molecular formula is C17H25NO2. The molecule has 1 N–H and O–H groups in total. The molecule has 3 heteroatoms. The predicted molar refractivity (Wildman–Crippen MR) is 80.4 cm³/mol. The van der Waals surface area contributed by atoms with Crippen molar-refractivity contribution in [2.75, 3.05) is 6.61 Å². The standard InChI is InChI=1S/C17H25NO2/c1-4-20-16(19)15(13-8-6-5-7-9-13)18-14-10-11-17(2,3)12-14/h5-9,14-15,18H,4,10-12H2,1-3H3. The molecule has 2 unspecified atom stereocenters. The highest BCUT2D eigenvalue weighted by Gasteiger charge is 2.34. The summed E-state index contributed by atoms with van der Waals surface area (Å²) < 4.78 is 5.22. The van der Waals surface area contributed by atoms with Crippen LogP contribution in [0.2, 0.25) is 0 Å². The number of benzene rings is 1. The summed E-state index contributed by atoms with van der Waals surface area (Å²) in [4.78, 5) is 12.2. The Balaban J connectivity index is 2.09. The van der Waals surface area contributed by atoms with Gasteiger partial charge in [0.25, 0.3) is 0 Å². The van der Waals surface area contributed by atoms with Crippen molar-refractivity contribution in [3.63, 3.8) is 0 Å². The molecule has 0 aromatic heterocycles. The van der Waals surface area contributed by atoms with Crippen LogP contribution in [0.4, 0.5) is 0 Å². The van der Waals surface area contributed by atoms with E-state index in [0.717, 1.165) is 18.4 Å². The lowest BCUT2D eigenvalue weighted by molar-refractivity contribution is -0.146. The number of esters is 1. The fraction of sp³-hybridized carbons (Fsp3) is 0.588. The first-order chi connectivity index (χ1) is 9.52. The van der Waals surface area contributed by atoms with Crippen molar-refractivity contribution in [2.24, 2.45) is 5.41 Å². The quantitative estimate of drug-likeness (QED) is 0.836. The van der Waals surface area contributed by atoms with Crippen LogP contribution in [-0.4, -0.2) is 18.6 Å². The third-order valence-electron chi connectivity index (χ3n) is 4.03. The molecule has 3 nitrogen and oxygen atoms in total. The summed E-state index contributed by atoms with van der Waals surface area (Å²) in [5.74, 6) is -0.177. The van der Waals surface area contributed by atoms with Gasteiger partial charge in [0.15, 0.2) is 0 Å². The Morgan fingerprint density at radius 1 is 1.40 bits per heavy atom. The van der Waals surface area contributed by atoms with Gasteiger partial charge in [-0.1, -0.05) is 44.2 Å². The van der Waals surface area contributed by atoms with Crippen LogP contribution in [0, 0.1) is 5.41 Å². The number of hydrogen-bond acceptors (Lipinski definition) is 3. The van der Waals surface area contributed by atoms with Gasteiger partial charge in [-0.25, -0.2) is 4.79 Å². The molecule has 20 heavy (non-hydrogen) atoms. The molecule has 2 rings (SSSR count). The first-order valence-corrected chi connectivity index (χ1v) is 7.49. The van der Waals surface area contributed by atoms with Gasteiger partial charge in [0.05, 0.1) is 6.61 Å². The number of carbonyl (C=O) groups excluding carboxylic acids is 1. The molecule has 0 bridgehead atoms. The second-order valence-corrected chi connectivity index (χ2v) is 6.37. The van der Waals surface area contributed by atoms with E-state index >= 15 is 0 Å². The molecule has 0 radical (unpaired) electrons. The normalized spacial score (nSPS) is 22.4. The third-order valence-corrected chi connectivity index (χ3v) is 4.03. The average molecular weight is 275 g/mol. The highest BCUT2D eigenvalue weighted by molar-refractivity contribution is 5.77. The largest absolute Gasteiger partial charge is 0.465 e. The molecular weight excluding hydrogens is 250 g/mol. The molecule has 1 aromatic carbocycles. The number of nitrogens with one attached hydrogen (secondary N) is 1. The summed E-state index contributed by atoms with van der Waals surface area (Å²) in [5.41, 5.74) is 1.35. The lowest BCUT2D eigenvalue weighted by Crippen LogP contribution is -2.37. The summed E-state index contributed by atoms with van der Waals surface area (Å²) in [5, 5.41) is 3.50. The molecule has 1 aliphatic carbocycles. The number of hydrogen-bond donors (Lipinski definition) is 1. The molecule has 0 spiro atoms. The van der Waals surface area contributed by atoms with Gasteiger partial charge in [0.2, 0.25) is 0 Å². The van der Waals surface area contributed by atoms with E-state index in [1.54, 1.807) is 0 Å². The Kier molecular flexibility index (Phi) is 4.81. The van der Waals surface area contributed by atoms with Crippen LogP contribution >= 0.6 is 0 Å². The second kappa shape index (κ2) is 6.40. The molecule has 2 atom stereocenters. The van der Waals surface area contributed by atoms with E-state index in [0.29, 0.717) is 18.1 Å². The van der Waals surface area contributed by atoms with Crippen molar-refractivity contribution in [3.8, 4) is 0 Å². The fourth-order valence-electron chi connectivity index (χ4n) is 2.99. The van der Waals surface area contributed by atoms with Crippen molar-refractivity contribution in [1.29, 1.82) is 0 Å². The monoisotopic (exact) mass is 275 g/mol. The van der Waals surface area contributed by atoms with E-state index in [-0.39, 0.29) is 12.0 Å². The van der Waals surface area contributed by atoms with Crippen LogP contribution in [0.5, 0.6) is 0 Å². The summed E-state index contributed by atoms with van der Waals surface area (Å²) >= 11 is 0. The predicted octanol–water partition coefficient (Wildman–Crippen LogP) is 3.46.